The highest BCUT2D eigenvalue weighted by Crippen LogP contribution is 2.33. The van der Waals surface area contributed by atoms with Gasteiger partial charge in [-0.05, 0) is 19.8 Å². The van der Waals surface area contributed by atoms with Crippen molar-refractivity contribution >= 4 is 5.91 Å². The molecule has 2 aromatic heterocycles. The first-order valence-corrected chi connectivity index (χ1v) is 8.53. The Hall–Kier alpha value is -3.00. The summed E-state index contributed by atoms with van der Waals surface area (Å²) in [5.41, 5.74) is 2.21. The van der Waals surface area contributed by atoms with Crippen LogP contribution in [0.5, 0.6) is 0 Å². The van der Waals surface area contributed by atoms with Crippen molar-refractivity contribution in [2.24, 2.45) is 0 Å². The summed E-state index contributed by atoms with van der Waals surface area (Å²) in [7, 11) is 0. The molecule has 2 N–H and O–H groups in total. The average molecular weight is 353 g/mol. The number of rotatable bonds is 5. The molecule has 0 unspecified atom stereocenters. The van der Waals surface area contributed by atoms with E-state index < -0.39 is 6.10 Å². The minimum atomic E-state index is -0.621. The predicted molar refractivity (Wildman–Crippen MR) is 92.1 cm³/mol. The molecule has 1 saturated carbocycles. The lowest BCUT2D eigenvalue weighted by Crippen LogP contribution is -2.45. The van der Waals surface area contributed by atoms with Gasteiger partial charge >= 0.3 is 0 Å². The van der Waals surface area contributed by atoms with Crippen molar-refractivity contribution in [3.63, 3.8) is 0 Å². The van der Waals surface area contributed by atoms with Gasteiger partial charge in [-0.15, -0.1) is 5.10 Å². The number of aromatic nitrogens is 4. The molecule has 0 bridgehead atoms. The maximum atomic E-state index is 12.3. The normalized spacial score (nSPS) is 20.4. The summed E-state index contributed by atoms with van der Waals surface area (Å²) in [6.45, 7) is 1.68. The van der Waals surface area contributed by atoms with E-state index in [1.807, 2.05) is 30.3 Å². The van der Waals surface area contributed by atoms with Gasteiger partial charge in [0.15, 0.2) is 0 Å². The Labute approximate surface area is 149 Å². The maximum absolute atomic E-state index is 12.3. The Morgan fingerprint density at radius 3 is 2.85 bits per heavy atom. The molecule has 8 heteroatoms. The van der Waals surface area contributed by atoms with Crippen LogP contribution in [0.3, 0.4) is 0 Å². The fourth-order valence-corrected chi connectivity index (χ4v) is 3.12. The highest BCUT2D eigenvalue weighted by Gasteiger charge is 2.34. The lowest BCUT2D eigenvalue weighted by Gasteiger charge is -2.36. The number of aliphatic hydroxyl groups excluding tert-OH is 1. The highest BCUT2D eigenvalue weighted by atomic mass is 16.5. The zero-order valence-corrected chi connectivity index (χ0v) is 14.2. The fourth-order valence-electron chi connectivity index (χ4n) is 3.12. The standard InChI is InChI=1S/C18H19N5O3/c1-11(24)16-10-19-22-23(16)14-7-13(8-14)20-18(25)17-9-15(21-26-17)12-5-3-2-4-6-12/h2-6,9-11,13-14,24H,7-8H2,1H3,(H,20,25)/t11-,13-,14-/m1/s1. The zero-order valence-electron chi connectivity index (χ0n) is 14.2. The van der Waals surface area contributed by atoms with Crippen LogP contribution in [0, 0.1) is 0 Å². The van der Waals surface area contributed by atoms with Gasteiger partial charge in [0.1, 0.15) is 5.69 Å². The molecule has 1 aliphatic rings. The van der Waals surface area contributed by atoms with Crippen LogP contribution in [0.4, 0.5) is 0 Å². The molecule has 0 radical (unpaired) electrons. The van der Waals surface area contributed by atoms with Gasteiger partial charge in [-0.2, -0.15) is 0 Å². The van der Waals surface area contributed by atoms with Gasteiger partial charge in [0.05, 0.1) is 24.0 Å². The predicted octanol–water partition coefficient (Wildman–Crippen LogP) is 2.12. The molecule has 8 nitrogen and oxygen atoms in total. The van der Waals surface area contributed by atoms with Gasteiger partial charge in [-0.3, -0.25) is 4.79 Å². The van der Waals surface area contributed by atoms with E-state index in [0.29, 0.717) is 11.4 Å². The number of amides is 1. The van der Waals surface area contributed by atoms with E-state index in [-0.39, 0.29) is 23.8 Å². The molecular weight excluding hydrogens is 334 g/mol. The second-order valence-electron chi connectivity index (χ2n) is 6.52. The molecule has 0 saturated heterocycles. The summed E-state index contributed by atoms with van der Waals surface area (Å²) in [6.07, 6.45) is 2.41. The molecule has 1 aliphatic carbocycles. The Morgan fingerprint density at radius 1 is 1.35 bits per heavy atom. The van der Waals surface area contributed by atoms with E-state index in [0.717, 1.165) is 18.4 Å². The van der Waals surface area contributed by atoms with Gasteiger partial charge in [0.25, 0.3) is 5.91 Å². The first-order valence-electron chi connectivity index (χ1n) is 8.53. The number of nitrogens with zero attached hydrogens (tertiary/aromatic N) is 4. The lowest BCUT2D eigenvalue weighted by molar-refractivity contribution is 0.0842. The SMILES string of the molecule is C[C@@H](O)c1cnnn1[C@H]1C[C@H](NC(=O)c2cc(-c3ccccc3)no2)C1. The first kappa shape index (κ1) is 16.5. The maximum Gasteiger partial charge on any atom is 0.290 e. The van der Waals surface area contributed by atoms with Crippen LogP contribution in [0.15, 0.2) is 47.1 Å². The van der Waals surface area contributed by atoms with Crippen molar-refractivity contribution in [3.8, 4) is 11.3 Å². The van der Waals surface area contributed by atoms with E-state index in [1.54, 1.807) is 23.9 Å². The monoisotopic (exact) mass is 353 g/mol. The van der Waals surface area contributed by atoms with Crippen LogP contribution in [0.1, 0.15) is 48.2 Å². The molecule has 0 spiro atoms. The second-order valence-corrected chi connectivity index (χ2v) is 6.52. The van der Waals surface area contributed by atoms with E-state index in [4.69, 9.17) is 4.52 Å². The van der Waals surface area contributed by atoms with Crippen molar-refractivity contribution in [3.05, 3.63) is 54.0 Å². The fraction of sp³-hybridized carbons (Fsp3) is 0.333. The van der Waals surface area contributed by atoms with Crippen LogP contribution < -0.4 is 5.32 Å². The third-order valence-electron chi connectivity index (χ3n) is 4.63. The largest absolute Gasteiger partial charge is 0.387 e. The van der Waals surface area contributed by atoms with Crippen molar-refractivity contribution < 1.29 is 14.4 Å². The summed E-state index contributed by atoms with van der Waals surface area (Å²) < 4.78 is 6.91. The van der Waals surface area contributed by atoms with Crippen molar-refractivity contribution in [1.29, 1.82) is 0 Å². The first-order chi connectivity index (χ1) is 12.6. The van der Waals surface area contributed by atoms with Crippen LogP contribution in [-0.2, 0) is 0 Å². The van der Waals surface area contributed by atoms with Crippen molar-refractivity contribution in [1.82, 2.24) is 25.5 Å². The summed E-state index contributed by atoms with van der Waals surface area (Å²) in [5.74, 6) is -0.0878. The number of carbonyl (C=O) groups is 1. The molecule has 1 aromatic carbocycles. The van der Waals surface area contributed by atoms with Gasteiger partial charge in [-0.1, -0.05) is 40.7 Å². The Balaban J connectivity index is 1.36. The number of carbonyl (C=O) groups excluding carboxylic acids is 1. The number of nitrogens with one attached hydrogen (secondary N) is 1. The van der Waals surface area contributed by atoms with E-state index in [9.17, 15) is 9.90 Å². The van der Waals surface area contributed by atoms with Crippen molar-refractivity contribution in [2.75, 3.05) is 0 Å². The molecule has 1 amide bonds. The zero-order chi connectivity index (χ0) is 18.1. The summed E-state index contributed by atoms with van der Waals surface area (Å²) in [5, 5.41) is 24.5. The van der Waals surface area contributed by atoms with Gasteiger partial charge in [0, 0.05) is 17.7 Å². The molecule has 26 heavy (non-hydrogen) atoms. The molecule has 2 heterocycles. The lowest BCUT2D eigenvalue weighted by atomic mass is 9.86. The van der Waals surface area contributed by atoms with Gasteiger partial charge in [-0.25, -0.2) is 4.68 Å². The minimum absolute atomic E-state index is 0.0313. The summed E-state index contributed by atoms with van der Waals surface area (Å²) >= 11 is 0. The number of benzene rings is 1. The molecule has 0 aliphatic heterocycles. The number of aliphatic hydroxyl groups is 1. The summed E-state index contributed by atoms with van der Waals surface area (Å²) in [4.78, 5) is 12.3. The molecule has 1 atom stereocenters. The minimum Gasteiger partial charge on any atom is -0.387 e. The molecule has 3 aromatic rings. The quantitative estimate of drug-likeness (QED) is 0.728. The second kappa shape index (κ2) is 6.72. The smallest absolute Gasteiger partial charge is 0.290 e. The van der Waals surface area contributed by atoms with E-state index in [1.165, 1.54) is 0 Å². The van der Waals surface area contributed by atoms with Crippen LogP contribution in [-0.4, -0.2) is 37.2 Å². The molecular formula is C18H19N5O3. The topological polar surface area (TPSA) is 106 Å². The van der Waals surface area contributed by atoms with Crippen LogP contribution in [0.25, 0.3) is 11.3 Å². The highest BCUT2D eigenvalue weighted by molar-refractivity contribution is 5.92. The third kappa shape index (κ3) is 3.11. The Kier molecular flexibility index (Phi) is 4.26. The van der Waals surface area contributed by atoms with Gasteiger partial charge < -0.3 is 14.9 Å². The number of hydrogen-bond acceptors (Lipinski definition) is 6. The van der Waals surface area contributed by atoms with Gasteiger partial charge in [0.2, 0.25) is 5.76 Å². The number of hydrogen-bond donors (Lipinski definition) is 2. The average Bonchev–Trinajstić information content (AvgIpc) is 3.27. The third-order valence-corrected chi connectivity index (χ3v) is 4.63. The summed E-state index contributed by atoms with van der Waals surface area (Å²) in [6, 6.07) is 11.4. The Morgan fingerprint density at radius 2 is 2.12 bits per heavy atom. The van der Waals surface area contributed by atoms with E-state index >= 15 is 0 Å². The van der Waals surface area contributed by atoms with Crippen molar-refractivity contribution in [2.45, 2.75) is 38.0 Å². The molecule has 1 fully saturated rings. The van der Waals surface area contributed by atoms with E-state index in [2.05, 4.69) is 20.8 Å². The molecule has 4 rings (SSSR count). The van der Waals surface area contributed by atoms with Crippen LogP contribution >= 0.6 is 0 Å². The Bertz CT molecular complexity index is 896. The van der Waals surface area contributed by atoms with Crippen LogP contribution in [0.2, 0.25) is 0 Å². The molecule has 134 valence electrons.